The number of guanidine groups is 1. The third-order valence-corrected chi connectivity index (χ3v) is 6.22. The van der Waals surface area contributed by atoms with Crippen molar-refractivity contribution >= 4 is 40.7 Å². The van der Waals surface area contributed by atoms with Gasteiger partial charge in [0, 0.05) is 46.8 Å². The third-order valence-electron chi connectivity index (χ3n) is 4.48. The molecule has 2 rings (SSSR count). The molecule has 3 N–H and O–H groups in total. The zero-order chi connectivity index (χ0) is 18.1. The highest BCUT2D eigenvalue weighted by atomic mass is 127. The van der Waals surface area contributed by atoms with Crippen LogP contribution in [0.15, 0.2) is 29.5 Å². The molecule has 1 aromatic heterocycles. The number of hydrogen-bond acceptors (Lipinski definition) is 4. The largest absolute Gasteiger partial charge is 0.386 e. The molecule has 1 aliphatic carbocycles. The monoisotopic (exact) mass is 494 g/mol. The maximum absolute atomic E-state index is 12.1. The van der Waals surface area contributed by atoms with E-state index in [1.54, 1.807) is 24.5 Å². The molecule has 0 spiro atoms. The molecule has 4 unspecified atom stereocenters. The van der Waals surface area contributed by atoms with Gasteiger partial charge in [-0.25, -0.2) is 0 Å². The van der Waals surface area contributed by atoms with Crippen molar-refractivity contribution in [1.29, 1.82) is 0 Å². The van der Waals surface area contributed by atoms with Crippen LogP contribution < -0.4 is 10.6 Å². The highest BCUT2D eigenvalue weighted by molar-refractivity contribution is 14.0. The van der Waals surface area contributed by atoms with Crippen molar-refractivity contribution in [2.75, 3.05) is 18.8 Å². The minimum atomic E-state index is -0.735. The molecule has 0 saturated heterocycles. The Morgan fingerprint density at radius 3 is 2.77 bits per heavy atom. The summed E-state index contributed by atoms with van der Waals surface area (Å²) in [6.07, 6.45) is 6.81. The molecule has 26 heavy (non-hydrogen) atoms. The molecule has 1 aliphatic rings. The zero-order valence-electron chi connectivity index (χ0n) is 15.6. The molecular weight excluding hydrogens is 463 g/mol. The Labute approximate surface area is 176 Å². The van der Waals surface area contributed by atoms with Crippen LogP contribution in [0.25, 0.3) is 0 Å². The quantitative estimate of drug-likeness (QED) is 0.308. The Morgan fingerprint density at radius 1 is 1.38 bits per heavy atom. The molecular formula is C18H31IN4O2S. The lowest BCUT2D eigenvalue weighted by molar-refractivity contribution is 0.187. The number of halogens is 1. The van der Waals surface area contributed by atoms with Crippen LogP contribution in [0, 0.1) is 0 Å². The summed E-state index contributed by atoms with van der Waals surface area (Å²) in [6, 6.07) is 3.88. The van der Waals surface area contributed by atoms with Gasteiger partial charge in [-0.15, -0.1) is 24.0 Å². The van der Waals surface area contributed by atoms with Gasteiger partial charge in [-0.2, -0.15) is 0 Å². The number of pyridine rings is 1. The van der Waals surface area contributed by atoms with Crippen molar-refractivity contribution < 1.29 is 9.32 Å². The maximum Gasteiger partial charge on any atom is 0.191 e. The van der Waals surface area contributed by atoms with Crippen LogP contribution in [0.4, 0.5) is 0 Å². The Hall–Kier alpha value is -0.740. The lowest BCUT2D eigenvalue weighted by Gasteiger charge is -2.30. The van der Waals surface area contributed by atoms with E-state index in [9.17, 15) is 9.32 Å². The highest BCUT2D eigenvalue weighted by Crippen LogP contribution is 2.23. The molecule has 1 heterocycles. The summed E-state index contributed by atoms with van der Waals surface area (Å²) in [5.41, 5.74) is 0.811. The average Bonchev–Trinajstić information content (AvgIpc) is 2.66. The van der Waals surface area contributed by atoms with Crippen LogP contribution >= 0.6 is 24.0 Å². The van der Waals surface area contributed by atoms with Crippen molar-refractivity contribution in [2.24, 2.45) is 4.99 Å². The Balaban J connectivity index is 0.00000338. The summed E-state index contributed by atoms with van der Waals surface area (Å²) >= 11 is 0. The highest BCUT2D eigenvalue weighted by Gasteiger charge is 2.26. The van der Waals surface area contributed by atoms with E-state index in [4.69, 9.17) is 0 Å². The van der Waals surface area contributed by atoms with Gasteiger partial charge in [0.15, 0.2) is 5.96 Å². The molecule has 6 nitrogen and oxygen atoms in total. The summed E-state index contributed by atoms with van der Waals surface area (Å²) in [7, 11) is -0.735. The number of aliphatic hydroxyl groups excluding tert-OH is 1. The van der Waals surface area contributed by atoms with Gasteiger partial charge in [-0.3, -0.25) is 14.2 Å². The van der Waals surface area contributed by atoms with E-state index in [2.05, 4.69) is 20.6 Å². The molecule has 0 radical (unpaired) electrons. The number of aliphatic hydroxyl groups is 1. The van der Waals surface area contributed by atoms with E-state index in [-0.39, 0.29) is 41.8 Å². The van der Waals surface area contributed by atoms with Crippen LogP contribution in [-0.2, 0) is 10.8 Å². The van der Waals surface area contributed by atoms with E-state index >= 15 is 0 Å². The fraction of sp³-hybridized carbons (Fsp3) is 0.667. The molecule has 1 aromatic rings. The van der Waals surface area contributed by atoms with E-state index < -0.39 is 16.9 Å². The fourth-order valence-electron chi connectivity index (χ4n) is 3.13. The lowest BCUT2D eigenvalue weighted by Crippen LogP contribution is -2.46. The molecule has 4 atom stereocenters. The molecule has 1 saturated carbocycles. The second-order valence-electron chi connectivity index (χ2n) is 6.32. The van der Waals surface area contributed by atoms with Gasteiger partial charge in [0.05, 0.1) is 12.6 Å². The number of aliphatic imine (C=N–C) groups is 1. The second-order valence-corrected chi connectivity index (χ2v) is 8.32. The number of aromatic nitrogens is 1. The number of nitrogens with zero attached hydrogens (tertiary/aromatic N) is 2. The summed E-state index contributed by atoms with van der Waals surface area (Å²) in [5.74, 6) is 1.44. The molecule has 0 amide bonds. The topological polar surface area (TPSA) is 86.6 Å². The van der Waals surface area contributed by atoms with Crippen LogP contribution in [0.3, 0.4) is 0 Å². The molecule has 0 aromatic carbocycles. The predicted octanol–water partition coefficient (Wildman–Crippen LogP) is 2.37. The lowest BCUT2D eigenvalue weighted by atomic mass is 9.95. The van der Waals surface area contributed by atoms with Crippen molar-refractivity contribution in [3.05, 3.63) is 30.1 Å². The minimum Gasteiger partial charge on any atom is -0.386 e. The fourth-order valence-corrected chi connectivity index (χ4v) is 4.48. The smallest absolute Gasteiger partial charge is 0.191 e. The Bertz CT molecular complexity index is 574. The standard InChI is InChI=1S/C18H30N4O2S.HI/c1-3-20-18(21-13-17(23)14-8-10-19-11-9-14)22-15-6-5-7-16(12-15)25(24)4-2;/h8-11,15-17,23H,3-7,12-13H2,1-2H3,(H2,20,21,22);1H. The van der Waals surface area contributed by atoms with Gasteiger partial charge in [0.25, 0.3) is 0 Å². The van der Waals surface area contributed by atoms with Gasteiger partial charge in [0.2, 0.25) is 0 Å². The second kappa shape index (κ2) is 12.6. The van der Waals surface area contributed by atoms with Gasteiger partial charge < -0.3 is 15.7 Å². The van der Waals surface area contributed by atoms with Gasteiger partial charge in [0.1, 0.15) is 0 Å². The first kappa shape index (κ1) is 23.3. The first-order valence-electron chi connectivity index (χ1n) is 9.14. The summed E-state index contributed by atoms with van der Waals surface area (Å²) in [5, 5.41) is 17.2. The van der Waals surface area contributed by atoms with Crippen LogP contribution in [0.2, 0.25) is 0 Å². The van der Waals surface area contributed by atoms with Gasteiger partial charge >= 0.3 is 0 Å². The van der Waals surface area contributed by atoms with Crippen molar-refractivity contribution in [1.82, 2.24) is 15.6 Å². The van der Waals surface area contributed by atoms with Crippen molar-refractivity contribution in [2.45, 2.75) is 56.9 Å². The van der Waals surface area contributed by atoms with Crippen LogP contribution in [-0.4, -0.2) is 50.4 Å². The first-order valence-corrected chi connectivity index (χ1v) is 10.5. The van der Waals surface area contributed by atoms with E-state index in [1.165, 1.54) is 0 Å². The first-order chi connectivity index (χ1) is 12.1. The summed E-state index contributed by atoms with van der Waals surface area (Å²) in [4.78, 5) is 8.48. The Morgan fingerprint density at radius 2 is 2.12 bits per heavy atom. The Kier molecular flexibility index (Phi) is 11.3. The third kappa shape index (κ3) is 7.48. The van der Waals surface area contributed by atoms with Crippen molar-refractivity contribution in [3.8, 4) is 0 Å². The van der Waals surface area contributed by atoms with Gasteiger partial charge in [-0.1, -0.05) is 13.3 Å². The van der Waals surface area contributed by atoms with E-state index in [1.807, 2.05) is 13.8 Å². The van der Waals surface area contributed by atoms with Crippen LogP contribution in [0.1, 0.15) is 51.2 Å². The number of hydrogen-bond donors (Lipinski definition) is 3. The normalized spacial score (nSPS) is 22.8. The average molecular weight is 494 g/mol. The van der Waals surface area contributed by atoms with E-state index in [0.29, 0.717) is 5.96 Å². The maximum atomic E-state index is 12.1. The molecule has 1 fully saturated rings. The number of nitrogens with one attached hydrogen (secondary N) is 2. The summed E-state index contributed by atoms with van der Waals surface area (Å²) < 4.78 is 12.1. The number of rotatable bonds is 7. The molecule has 0 aliphatic heterocycles. The SMILES string of the molecule is CCNC(=NCC(O)c1ccncc1)NC1CCCC(S(=O)CC)C1.I. The van der Waals surface area contributed by atoms with Gasteiger partial charge in [-0.05, 0) is 43.9 Å². The molecule has 8 heteroatoms. The minimum absolute atomic E-state index is 0. The van der Waals surface area contributed by atoms with Crippen LogP contribution in [0.5, 0.6) is 0 Å². The molecule has 148 valence electrons. The molecule has 0 bridgehead atoms. The predicted molar refractivity (Wildman–Crippen MR) is 118 cm³/mol. The summed E-state index contributed by atoms with van der Waals surface area (Å²) in [6.45, 7) is 5.05. The van der Waals surface area contributed by atoms with Crippen molar-refractivity contribution in [3.63, 3.8) is 0 Å². The van der Waals surface area contributed by atoms with E-state index in [0.717, 1.165) is 43.5 Å². The zero-order valence-corrected chi connectivity index (χ0v) is 18.7.